The summed E-state index contributed by atoms with van der Waals surface area (Å²) in [5.41, 5.74) is 9.02. The molecule has 122 valence electrons. The second-order valence-electron chi connectivity index (χ2n) is 5.79. The fourth-order valence-electron chi connectivity index (χ4n) is 2.21. The summed E-state index contributed by atoms with van der Waals surface area (Å²) in [7, 11) is 1.66. The van der Waals surface area contributed by atoms with Crippen LogP contribution in [0.1, 0.15) is 19.4 Å². The Balaban J connectivity index is 2.01. The SMILES string of the molecule is COc1cccc(-c2ccc(CNC(=O)C(C)C(C)N)cc2)c1. The summed E-state index contributed by atoms with van der Waals surface area (Å²) in [5.74, 6) is 0.631. The van der Waals surface area contributed by atoms with Crippen molar-refractivity contribution in [2.24, 2.45) is 11.7 Å². The van der Waals surface area contributed by atoms with Crippen LogP contribution in [0.2, 0.25) is 0 Å². The molecule has 0 saturated heterocycles. The van der Waals surface area contributed by atoms with Gasteiger partial charge in [-0.05, 0) is 35.7 Å². The van der Waals surface area contributed by atoms with Crippen molar-refractivity contribution in [3.63, 3.8) is 0 Å². The Bertz CT molecular complexity index is 651. The lowest BCUT2D eigenvalue weighted by Gasteiger charge is -2.15. The van der Waals surface area contributed by atoms with Crippen LogP contribution in [-0.4, -0.2) is 19.1 Å². The molecular formula is C19H24N2O2. The minimum Gasteiger partial charge on any atom is -0.497 e. The predicted molar refractivity (Wildman–Crippen MR) is 93.1 cm³/mol. The molecule has 0 saturated carbocycles. The van der Waals surface area contributed by atoms with Crippen molar-refractivity contribution in [3.05, 3.63) is 54.1 Å². The number of hydrogen-bond acceptors (Lipinski definition) is 3. The van der Waals surface area contributed by atoms with Crippen LogP contribution in [0.4, 0.5) is 0 Å². The summed E-state index contributed by atoms with van der Waals surface area (Å²) >= 11 is 0. The maximum Gasteiger partial charge on any atom is 0.224 e. The first-order valence-electron chi connectivity index (χ1n) is 7.78. The molecule has 2 unspecified atom stereocenters. The first-order chi connectivity index (χ1) is 11.0. The number of nitrogens with two attached hydrogens (primary N) is 1. The quantitative estimate of drug-likeness (QED) is 0.862. The first kappa shape index (κ1) is 17.0. The fourth-order valence-corrected chi connectivity index (χ4v) is 2.21. The summed E-state index contributed by atoms with van der Waals surface area (Å²) in [6.45, 7) is 4.19. The highest BCUT2D eigenvalue weighted by molar-refractivity contribution is 5.78. The van der Waals surface area contributed by atoms with E-state index in [-0.39, 0.29) is 17.9 Å². The highest BCUT2D eigenvalue weighted by Gasteiger charge is 2.16. The normalized spacial score (nSPS) is 13.2. The third-order valence-electron chi connectivity index (χ3n) is 4.03. The average molecular weight is 312 g/mol. The standard InChI is InChI=1S/C19H24N2O2/c1-13(14(2)20)19(22)21-12-15-7-9-16(10-8-15)17-5-4-6-18(11-17)23-3/h4-11,13-14H,12,20H2,1-3H3,(H,21,22). The van der Waals surface area contributed by atoms with E-state index in [0.29, 0.717) is 6.54 Å². The number of amides is 1. The predicted octanol–water partition coefficient (Wildman–Crippen LogP) is 2.96. The van der Waals surface area contributed by atoms with Crippen LogP contribution < -0.4 is 15.8 Å². The number of nitrogens with one attached hydrogen (secondary N) is 1. The third-order valence-corrected chi connectivity index (χ3v) is 4.03. The van der Waals surface area contributed by atoms with Crippen LogP contribution in [0.15, 0.2) is 48.5 Å². The lowest BCUT2D eigenvalue weighted by Crippen LogP contribution is -2.38. The Kier molecular flexibility index (Phi) is 5.77. The summed E-state index contributed by atoms with van der Waals surface area (Å²) < 4.78 is 5.25. The summed E-state index contributed by atoms with van der Waals surface area (Å²) in [6.07, 6.45) is 0. The monoisotopic (exact) mass is 312 g/mol. The van der Waals surface area contributed by atoms with Gasteiger partial charge in [-0.2, -0.15) is 0 Å². The number of rotatable bonds is 6. The van der Waals surface area contributed by atoms with E-state index in [0.717, 1.165) is 22.4 Å². The van der Waals surface area contributed by atoms with Gasteiger partial charge in [0.15, 0.2) is 0 Å². The molecule has 0 bridgehead atoms. The number of ether oxygens (including phenoxy) is 1. The van der Waals surface area contributed by atoms with Gasteiger partial charge in [0.2, 0.25) is 5.91 Å². The molecule has 0 aliphatic carbocycles. The van der Waals surface area contributed by atoms with Gasteiger partial charge in [0.1, 0.15) is 5.75 Å². The number of carbonyl (C=O) groups is 1. The Morgan fingerprint density at radius 3 is 2.43 bits per heavy atom. The molecule has 2 aromatic rings. The van der Waals surface area contributed by atoms with E-state index in [1.165, 1.54) is 0 Å². The summed E-state index contributed by atoms with van der Waals surface area (Å²) in [6, 6.07) is 15.9. The van der Waals surface area contributed by atoms with Crippen molar-refractivity contribution in [1.29, 1.82) is 0 Å². The van der Waals surface area contributed by atoms with Gasteiger partial charge < -0.3 is 15.8 Å². The largest absolute Gasteiger partial charge is 0.497 e. The Hall–Kier alpha value is -2.33. The zero-order valence-corrected chi connectivity index (χ0v) is 13.9. The van der Waals surface area contributed by atoms with Gasteiger partial charge in [-0.3, -0.25) is 4.79 Å². The second kappa shape index (κ2) is 7.79. The summed E-state index contributed by atoms with van der Waals surface area (Å²) in [5, 5.41) is 2.92. The first-order valence-corrected chi connectivity index (χ1v) is 7.78. The van der Waals surface area contributed by atoms with Gasteiger partial charge in [-0.25, -0.2) is 0 Å². The van der Waals surface area contributed by atoms with Crippen molar-refractivity contribution in [1.82, 2.24) is 5.32 Å². The van der Waals surface area contributed by atoms with Crippen molar-refractivity contribution in [3.8, 4) is 16.9 Å². The van der Waals surface area contributed by atoms with Gasteiger partial charge in [0, 0.05) is 18.5 Å². The lowest BCUT2D eigenvalue weighted by molar-refractivity contribution is -0.125. The molecule has 0 heterocycles. The lowest BCUT2D eigenvalue weighted by atomic mass is 10.0. The Morgan fingerprint density at radius 1 is 1.13 bits per heavy atom. The minimum atomic E-state index is -0.189. The van der Waals surface area contributed by atoms with Gasteiger partial charge >= 0.3 is 0 Å². The van der Waals surface area contributed by atoms with Crippen LogP contribution >= 0.6 is 0 Å². The Morgan fingerprint density at radius 2 is 1.83 bits per heavy atom. The van der Waals surface area contributed by atoms with Gasteiger partial charge in [-0.15, -0.1) is 0 Å². The number of benzene rings is 2. The molecule has 2 atom stereocenters. The van der Waals surface area contributed by atoms with Crippen LogP contribution in [0, 0.1) is 5.92 Å². The van der Waals surface area contributed by atoms with E-state index >= 15 is 0 Å². The van der Waals surface area contributed by atoms with E-state index in [2.05, 4.69) is 5.32 Å². The van der Waals surface area contributed by atoms with Crippen molar-refractivity contribution in [2.75, 3.05) is 7.11 Å². The van der Waals surface area contributed by atoms with Crippen molar-refractivity contribution < 1.29 is 9.53 Å². The molecule has 1 amide bonds. The molecule has 4 nitrogen and oxygen atoms in total. The Labute approximate surface area is 137 Å². The molecule has 0 aliphatic rings. The van der Waals surface area contributed by atoms with Gasteiger partial charge in [0.05, 0.1) is 7.11 Å². The van der Waals surface area contributed by atoms with Crippen LogP contribution in [-0.2, 0) is 11.3 Å². The highest BCUT2D eigenvalue weighted by atomic mass is 16.5. The fraction of sp³-hybridized carbons (Fsp3) is 0.316. The van der Waals surface area contributed by atoms with Crippen molar-refractivity contribution in [2.45, 2.75) is 26.4 Å². The molecular weight excluding hydrogens is 288 g/mol. The maximum atomic E-state index is 11.9. The average Bonchev–Trinajstić information content (AvgIpc) is 2.59. The second-order valence-corrected chi connectivity index (χ2v) is 5.79. The van der Waals surface area contributed by atoms with E-state index in [1.54, 1.807) is 7.11 Å². The van der Waals surface area contributed by atoms with E-state index < -0.39 is 0 Å². The van der Waals surface area contributed by atoms with E-state index in [1.807, 2.05) is 62.4 Å². The molecule has 23 heavy (non-hydrogen) atoms. The van der Waals surface area contributed by atoms with Crippen LogP contribution in [0.3, 0.4) is 0 Å². The minimum absolute atomic E-state index is 0.0168. The molecule has 0 fully saturated rings. The molecule has 0 spiro atoms. The highest BCUT2D eigenvalue weighted by Crippen LogP contribution is 2.24. The molecule has 0 aromatic heterocycles. The smallest absolute Gasteiger partial charge is 0.224 e. The molecule has 0 aliphatic heterocycles. The zero-order valence-electron chi connectivity index (χ0n) is 13.9. The number of methoxy groups -OCH3 is 1. The summed E-state index contributed by atoms with van der Waals surface area (Å²) in [4.78, 5) is 11.9. The topological polar surface area (TPSA) is 64.3 Å². The van der Waals surface area contributed by atoms with E-state index in [4.69, 9.17) is 10.5 Å². The zero-order chi connectivity index (χ0) is 16.8. The number of hydrogen-bond donors (Lipinski definition) is 2. The third kappa shape index (κ3) is 4.57. The van der Waals surface area contributed by atoms with Gasteiger partial charge in [-0.1, -0.05) is 43.3 Å². The maximum absolute atomic E-state index is 11.9. The molecule has 4 heteroatoms. The van der Waals surface area contributed by atoms with Crippen LogP contribution in [0.5, 0.6) is 5.75 Å². The van der Waals surface area contributed by atoms with E-state index in [9.17, 15) is 4.79 Å². The number of carbonyl (C=O) groups excluding carboxylic acids is 1. The molecule has 2 rings (SSSR count). The van der Waals surface area contributed by atoms with Crippen molar-refractivity contribution >= 4 is 5.91 Å². The molecule has 2 aromatic carbocycles. The molecule has 0 radical (unpaired) electrons. The molecule has 3 N–H and O–H groups in total. The van der Waals surface area contributed by atoms with Gasteiger partial charge in [0.25, 0.3) is 0 Å². The van der Waals surface area contributed by atoms with Crippen LogP contribution in [0.25, 0.3) is 11.1 Å².